The summed E-state index contributed by atoms with van der Waals surface area (Å²) < 4.78 is 10.1. The Morgan fingerprint density at radius 3 is 2.38 bits per heavy atom. The fourth-order valence-corrected chi connectivity index (χ4v) is 1.49. The molecule has 1 aliphatic heterocycles. The van der Waals surface area contributed by atoms with Crippen LogP contribution in [0.15, 0.2) is 0 Å². The van der Waals surface area contributed by atoms with Crippen LogP contribution in [0.3, 0.4) is 0 Å². The topological polar surface area (TPSA) is 79.2 Å². The van der Waals surface area contributed by atoms with Crippen molar-refractivity contribution in [3.05, 3.63) is 0 Å². The zero-order chi connectivity index (χ0) is 10.0. The molecule has 5 atom stereocenters. The molecule has 1 rings (SSSR count). The first-order valence-electron chi connectivity index (χ1n) is 4.27. The Hall–Kier alpha value is -0.200. The SMILES string of the molecule is CO[C@@H]1OC(CO)[C@@H](O)[C@H](O)[C@H]1C. The van der Waals surface area contributed by atoms with Crippen molar-refractivity contribution in [1.29, 1.82) is 0 Å². The van der Waals surface area contributed by atoms with E-state index in [0.29, 0.717) is 0 Å². The van der Waals surface area contributed by atoms with Crippen LogP contribution in [0, 0.1) is 5.92 Å². The normalized spacial score (nSPS) is 46.4. The number of aliphatic hydroxyl groups excluding tert-OH is 3. The summed E-state index contributed by atoms with van der Waals surface area (Å²) in [5.41, 5.74) is 0. The Kier molecular flexibility index (Phi) is 3.63. The first-order chi connectivity index (χ1) is 6.11. The lowest BCUT2D eigenvalue weighted by molar-refractivity contribution is -0.274. The van der Waals surface area contributed by atoms with E-state index in [1.54, 1.807) is 6.92 Å². The highest BCUT2D eigenvalue weighted by atomic mass is 16.7. The van der Waals surface area contributed by atoms with Crippen molar-refractivity contribution in [1.82, 2.24) is 0 Å². The van der Waals surface area contributed by atoms with Gasteiger partial charge in [0.15, 0.2) is 6.29 Å². The van der Waals surface area contributed by atoms with Crippen LogP contribution < -0.4 is 0 Å². The average molecular weight is 192 g/mol. The summed E-state index contributed by atoms with van der Waals surface area (Å²) in [6.07, 6.45) is -3.31. The fraction of sp³-hybridized carbons (Fsp3) is 1.00. The lowest BCUT2D eigenvalue weighted by Crippen LogP contribution is -2.55. The molecule has 0 aliphatic carbocycles. The summed E-state index contributed by atoms with van der Waals surface area (Å²) in [7, 11) is 1.46. The monoisotopic (exact) mass is 192 g/mol. The molecule has 0 bridgehead atoms. The molecule has 1 heterocycles. The van der Waals surface area contributed by atoms with E-state index in [-0.39, 0.29) is 12.5 Å². The predicted octanol–water partition coefficient (Wildman–Crippen LogP) is -1.29. The first-order valence-corrected chi connectivity index (χ1v) is 4.27. The molecule has 0 saturated carbocycles. The van der Waals surface area contributed by atoms with Crippen LogP contribution >= 0.6 is 0 Å². The molecule has 78 valence electrons. The Morgan fingerprint density at radius 2 is 1.92 bits per heavy atom. The molecule has 1 fully saturated rings. The average Bonchev–Trinajstić information content (AvgIpc) is 2.15. The molecule has 0 radical (unpaired) electrons. The Labute approximate surface area is 76.9 Å². The van der Waals surface area contributed by atoms with Gasteiger partial charge in [-0.3, -0.25) is 0 Å². The third-order valence-electron chi connectivity index (χ3n) is 2.42. The van der Waals surface area contributed by atoms with Crippen LogP contribution in [0.5, 0.6) is 0 Å². The molecular weight excluding hydrogens is 176 g/mol. The molecule has 5 nitrogen and oxygen atoms in total. The predicted molar refractivity (Wildman–Crippen MR) is 43.9 cm³/mol. The van der Waals surface area contributed by atoms with Gasteiger partial charge in [-0.05, 0) is 0 Å². The van der Waals surface area contributed by atoms with Crippen molar-refractivity contribution in [2.75, 3.05) is 13.7 Å². The number of aliphatic hydroxyl groups is 3. The second-order valence-electron chi connectivity index (χ2n) is 3.30. The Morgan fingerprint density at radius 1 is 1.31 bits per heavy atom. The summed E-state index contributed by atoms with van der Waals surface area (Å²) in [5, 5.41) is 27.8. The van der Waals surface area contributed by atoms with Crippen molar-refractivity contribution < 1.29 is 24.8 Å². The van der Waals surface area contributed by atoms with Gasteiger partial charge in [0.1, 0.15) is 12.2 Å². The van der Waals surface area contributed by atoms with Crippen LogP contribution in [0.25, 0.3) is 0 Å². The van der Waals surface area contributed by atoms with Gasteiger partial charge in [0.05, 0.1) is 12.7 Å². The number of ether oxygens (including phenoxy) is 2. The van der Waals surface area contributed by atoms with Crippen molar-refractivity contribution in [3.63, 3.8) is 0 Å². The molecule has 0 aromatic carbocycles. The summed E-state index contributed by atoms with van der Waals surface area (Å²) in [6, 6.07) is 0. The van der Waals surface area contributed by atoms with E-state index in [1.807, 2.05) is 0 Å². The highest BCUT2D eigenvalue weighted by Gasteiger charge is 2.41. The van der Waals surface area contributed by atoms with Gasteiger partial charge < -0.3 is 24.8 Å². The van der Waals surface area contributed by atoms with E-state index in [9.17, 15) is 10.2 Å². The molecule has 3 N–H and O–H groups in total. The van der Waals surface area contributed by atoms with E-state index in [1.165, 1.54) is 7.11 Å². The summed E-state index contributed by atoms with van der Waals surface area (Å²) in [5.74, 6) is -0.303. The van der Waals surface area contributed by atoms with Gasteiger partial charge in [0.25, 0.3) is 0 Å². The van der Waals surface area contributed by atoms with E-state index in [4.69, 9.17) is 14.6 Å². The van der Waals surface area contributed by atoms with Crippen molar-refractivity contribution in [3.8, 4) is 0 Å². The molecule has 5 heteroatoms. The van der Waals surface area contributed by atoms with Gasteiger partial charge in [0, 0.05) is 13.0 Å². The molecule has 0 amide bonds. The Bertz CT molecular complexity index is 143. The number of rotatable bonds is 2. The molecular formula is C8H16O5. The molecule has 13 heavy (non-hydrogen) atoms. The van der Waals surface area contributed by atoms with Gasteiger partial charge in [-0.25, -0.2) is 0 Å². The fourth-order valence-electron chi connectivity index (χ4n) is 1.49. The second kappa shape index (κ2) is 4.34. The number of methoxy groups -OCH3 is 1. The van der Waals surface area contributed by atoms with Gasteiger partial charge >= 0.3 is 0 Å². The van der Waals surface area contributed by atoms with E-state index >= 15 is 0 Å². The molecule has 1 saturated heterocycles. The molecule has 0 aromatic rings. The van der Waals surface area contributed by atoms with E-state index in [2.05, 4.69) is 0 Å². The zero-order valence-electron chi connectivity index (χ0n) is 7.75. The minimum absolute atomic E-state index is 0.303. The minimum atomic E-state index is -1.05. The van der Waals surface area contributed by atoms with Crippen molar-refractivity contribution in [2.45, 2.75) is 31.5 Å². The lowest BCUT2D eigenvalue weighted by Gasteiger charge is -2.40. The molecule has 1 aliphatic rings. The summed E-state index contributed by atoms with van der Waals surface area (Å²) >= 11 is 0. The van der Waals surface area contributed by atoms with Crippen LogP contribution in [-0.4, -0.2) is 53.6 Å². The van der Waals surface area contributed by atoms with Gasteiger partial charge in [0.2, 0.25) is 0 Å². The first kappa shape index (κ1) is 10.9. The summed E-state index contributed by atoms with van der Waals surface area (Å²) in [6.45, 7) is 1.39. The van der Waals surface area contributed by atoms with Crippen LogP contribution in [0.4, 0.5) is 0 Å². The molecule has 0 aromatic heterocycles. The third kappa shape index (κ3) is 2.00. The van der Waals surface area contributed by atoms with Crippen LogP contribution in [-0.2, 0) is 9.47 Å². The quantitative estimate of drug-likeness (QED) is 0.507. The number of hydrogen-bond acceptors (Lipinski definition) is 5. The van der Waals surface area contributed by atoms with Gasteiger partial charge in [-0.2, -0.15) is 0 Å². The highest BCUT2D eigenvalue weighted by molar-refractivity contribution is 4.86. The van der Waals surface area contributed by atoms with E-state index < -0.39 is 24.6 Å². The van der Waals surface area contributed by atoms with Crippen LogP contribution in [0.1, 0.15) is 6.92 Å². The van der Waals surface area contributed by atoms with Crippen molar-refractivity contribution in [2.24, 2.45) is 5.92 Å². The third-order valence-corrected chi connectivity index (χ3v) is 2.42. The Balaban J connectivity index is 2.66. The van der Waals surface area contributed by atoms with Crippen LogP contribution in [0.2, 0.25) is 0 Å². The van der Waals surface area contributed by atoms with Gasteiger partial charge in [-0.15, -0.1) is 0 Å². The smallest absolute Gasteiger partial charge is 0.162 e. The maximum atomic E-state index is 9.53. The standard InChI is InChI=1S/C8H16O5/c1-4-6(10)7(11)5(3-9)13-8(4)12-2/h4-11H,3H2,1-2H3/t4-,5?,6-,7-,8-/m1/s1. The zero-order valence-corrected chi connectivity index (χ0v) is 7.75. The van der Waals surface area contributed by atoms with E-state index in [0.717, 1.165) is 0 Å². The lowest BCUT2D eigenvalue weighted by atomic mass is 9.93. The summed E-state index contributed by atoms with van der Waals surface area (Å²) in [4.78, 5) is 0. The highest BCUT2D eigenvalue weighted by Crippen LogP contribution is 2.25. The van der Waals surface area contributed by atoms with Gasteiger partial charge in [-0.1, -0.05) is 6.92 Å². The molecule has 1 unspecified atom stereocenters. The largest absolute Gasteiger partial charge is 0.394 e. The molecule has 0 spiro atoms. The maximum absolute atomic E-state index is 9.53. The second-order valence-corrected chi connectivity index (χ2v) is 3.30. The minimum Gasteiger partial charge on any atom is -0.394 e. The maximum Gasteiger partial charge on any atom is 0.162 e. The number of hydrogen-bond donors (Lipinski definition) is 3. The van der Waals surface area contributed by atoms with Crippen molar-refractivity contribution >= 4 is 0 Å².